The maximum Gasteiger partial charge on any atom is 0.225 e. The van der Waals surface area contributed by atoms with Crippen LogP contribution >= 0.6 is 0 Å². The summed E-state index contributed by atoms with van der Waals surface area (Å²) < 4.78 is 11.2. The van der Waals surface area contributed by atoms with Gasteiger partial charge in [0.2, 0.25) is 11.8 Å². The van der Waals surface area contributed by atoms with Gasteiger partial charge in [-0.25, -0.2) is 0 Å². The molecule has 0 spiro atoms. The largest absolute Gasteiger partial charge is 0.492 e. The van der Waals surface area contributed by atoms with Crippen molar-refractivity contribution in [1.29, 1.82) is 0 Å². The van der Waals surface area contributed by atoms with Gasteiger partial charge < -0.3 is 19.7 Å². The van der Waals surface area contributed by atoms with Gasteiger partial charge in [-0.15, -0.1) is 0 Å². The third-order valence-electron chi connectivity index (χ3n) is 4.62. The zero-order valence-corrected chi connectivity index (χ0v) is 15.9. The molecule has 0 saturated carbocycles. The quantitative estimate of drug-likeness (QED) is 0.640. The third-order valence-corrected chi connectivity index (χ3v) is 4.62. The normalized spacial score (nSPS) is 16.2. The molecule has 28 heavy (non-hydrogen) atoms. The van der Waals surface area contributed by atoms with E-state index in [1.807, 2.05) is 60.7 Å². The van der Waals surface area contributed by atoms with E-state index in [-0.39, 0.29) is 24.2 Å². The van der Waals surface area contributed by atoms with Crippen molar-refractivity contribution in [2.24, 2.45) is 5.92 Å². The predicted octanol–water partition coefficient (Wildman–Crippen LogP) is 2.25. The third kappa shape index (κ3) is 6.09. The Morgan fingerprint density at radius 1 is 1.04 bits per heavy atom. The Hall–Kier alpha value is -2.86. The van der Waals surface area contributed by atoms with Crippen molar-refractivity contribution < 1.29 is 19.1 Å². The van der Waals surface area contributed by atoms with Gasteiger partial charge in [-0.1, -0.05) is 48.5 Å². The molecule has 0 aliphatic carbocycles. The average molecular weight is 382 g/mol. The monoisotopic (exact) mass is 382 g/mol. The molecule has 6 nitrogen and oxygen atoms in total. The summed E-state index contributed by atoms with van der Waals surface area (Å²) in [6.45, 7) is 2.74. The van der Waals surface area contributed by atoms with Crippen LogP contribution in [-0.2, 0) is 20.9 Å². The second-order valence-electron chi connectivity index (χ2n) is 6.73. The topological polar surface area (TPSA) is 67.9 Å². The Balaban J connectivity index is 1.30. The molecule has 1 unspecified atom stereocenters. The Bertz CT molecular complexity index is 752. The van der Waals surface area contributed by atoms with Crippen molar-refractivity contribution in [3.63, 3.8) is 0 Å². The van der Waals surface area contributed by atoms with Crippen LogP contribution in [0.25, 0.3) is 0 Å². The van der Waals surface area contributed by atoms with Crippen LogP contribution in [0.15, 0.2) is 60.7 Å². The highest BCUT2D eigenvalue weighted by Crippen LogP contribution is 2.18. The maximum absolute atomic E-state index is 12.3. The molecule has 1 fully saturated rings. The number of hydrogen-bond donors (Lipinski definition) is 1. The maximum atomic E-state index is 12.3. The molecule has 2 aromatic carbocycles. The molecule has 3 rings (SSSR count). The number of benzene rings is 2. The number of likely N-dealkylation sites (tertiary alicyclic amines) is 1. The number of carbonyl (C=O) groups excluding carboxylic acids is 2. The van der Waals surface area contributed by atoms with Crippen molar-refractivity contribution in [1.82, 2.24) is 10.2 Å². The van der Waals surface area contributed by atoms with Crippen molar-refractivity contribution in [3.8, 4) is 5.75 Å². The Labute approximate surface area is 165 Å². The molecule has 2 amide bonds. The molecular weight excluding hydrogens is 356 g/mol. The van der Waals surface area contributed by atoms with Crippen LogP contribution in [0.5, 0.6) is 5.75 Å². The van der Waals surface area contributed by atoms with Gasteiger partial charge in [0.15, 0.2) is 0 Å². The number of para-hydroxylation sites is 1. The fourth-order valence-electron chi connectivity index (χ4n) is 3.11. The van der Waals surface area contributed by atoms with Crippen LogP contribution < -0.4 is 10.1 Å². The molecular formula is C22H26N2O4. The van der Waals surface area contributed by atoms with Gasteiger partial charge in [0.25, 0.3) is 0 Å². The van der Waals surface area contributed by atoms with Gasteiger partial charge in [-0.05, 0) is 17.7 Å². The molecule has 0 radical (unpaired) electrons. The lowest BCUT2D eigenvalue weighted by molar-refractivity contribution is -0.129. The second-order valence-corrected chi connectivity index (χ2v) is 6.73. The lowest BCUT2D eigenvalue weighted by Crippen LogP contribution is -2.35. The Morgan fingerprint density at radius 3 is 2.50 bits per heavy atom. The van der Waals surface area contributed by atoms with Crippen molar-refractivity contribution in [2.45, 2.75) is 13.0 Å². The number of amides is 2. The van der Waals surface area contributed by atoms with E-state index in [4.69, 9.17) is 9.47 Å². The van der Waals surface area contributed by atoms with E-state index in [0.29, 0.717) is 39.5 Å². The number of rotatable bonds is 10. The number of hydrogen-bond acceptors (Lipinski definition) is 4. The predicted molar refractivity (Wildman–Crippen MR) is 106 cm³/mol. The van der Waals surface area contributed by atoms with Crippen molar-refractivity contribution in [3.05, 3.63) is 66.2 Å². The zero-order chi connectivity index (χ0) is 19.6. The summed E-state index contributed by atoms with van der Waals surface area (Å²) in [7, 11) is 0. The summed E-state index contributed by atoms with van der Waals surface area (Å²) in [6, 6.07) is 19.4. The van der Waals surface area contributed by atoms with Crippen LogP contribution in [0, 0.1) is 5.92 Å². The van der Waals surface area contributed by atoms with Crippen molar-refractivity contribution >= 4 is 11.8 Å². The molecule has 1 aliphatic rings. The standard InChI is InChI=1S/C22H26N2O4/c25-21-15-19(16-24(21)12-14-28-20-9-5-2-6-10-20)22(26)23-11-13-27-17-18-7-3-1-4-8-18/h1-10,19H,11-17H2,(H,23,26). The minimum atomic E-state index is -0.307. The van der Waals surface area contributed by atoms with Gasteiger partial charge in [-0.2, -0.15) is 0 Å². The van der Waals surface area contributed by atoms with Gasteiger partial charge in [0, 0.05) is 19.5 Å². The molecule has 1 saturated heterocycles. The lowest BCUT2D eigenvalue weighted by Gasteiger charge is -2.17. The summed E-state index contributed by atoms with van der Waals surface area (Å²) in [6.07, 6.45) is 0.252. The zero-order valence-electron chi connectivity index (χ0n) is 15.9. The molecule has 2 aromatic rings. The first kappa shape index (κ1) is 19.9. The van der Waals surface area contributed by atoms with E-state index < -0.39 is 0 Å². The molecule has 0 aromatic heterocycles. The summed E-state index contributed by atoms with van der Waals surface area (Å²) in [5.41, 5.74) is 1.10. The van der Waals surface area contributed by atoms with Gasteiger partial charge in [0.05, 0.1) is 25.7 Å². The van der Waals surface area contributed by atoms with Crippen LogP contribution in [0.1, 0.15) is 12.0 Å². The summed E-state index contributed by atoms with van der Waals surface area (Å²) in [5, 5.41) is 2.86. The molecule has 0 bridgehead atoms. The molecule has 1 heterocycles. The molecule has 1 aliphatic heterocycles. The highest BCUT2D eigenvalue weighted by Gasteiger charge is 2.33. The second kappa shape index (κ2) is 10.5. The van der Waals surface area contributed by atoms with Crippen LogP contribution in [0.3, 0.4) is 0 Å². The van der Waals surface area contributed by atoms with E-state index in [1.165, 1.54) is 0 Å². The summed E-state index contributed by atoms with van der Waals surface area (Å²) >= 11 is 0. The molecule has 1 atom stereocenters. The van der Waals surface area contributed by atoms with Crippen LogP contribution in [-0.4, -0.2) is 49.6 Å². The van der Waals surface area contributed by atoms with Gasteiger partial charge in [-0.3, -0.25) is 9.59 Å². The van der Waals surface area contributed by atoms with Crippen LogP contribution in [0.4, 0.5) is 0 Å². The number of nitrogens with one attached hydrogen (secondary N) is 1. The first-order valence-electron chi connectivity index (χ1n) is 9.57. The fraction of sp³-hybridized carbons (Fsp3) is 0.364. The average Bonchev–Trinajstić information content (AvgIpc) is 3.10. The summed E-state index contributed by atoms with van der Waals surface area (Å²) in [4.78, 5) is 26.1. The number of ether oxygens (including phenoxy) is 2. The minimum absolute atomic E-state index is 0.00265. The van der Waals surface area contributed by atoms with Crippen molar-refractivity contribution in [2.75, 3.05) is 32.8 Å². The SMILES string of the molecule is O=C(NCCOCc1ccccc1)C1CC(=O)N(CCOc2ccccc2)C1. The smallest absolute Gasteiger partial charge is 0.225 e. The molecule has 6 heteroatoms. The van der Waals surface area contributed by atoms with Gasteiger partial charge in [0.1, 0.15) is 12.4 Å². The highest BCUT2D eigenvalue weighted by atomic mass is 16.5. The number of carbonyl (C=O) groups is 2. The first-order chi connectivity index (χ1) is 13.7. The number of nitrogens with zero attached hydrogens (tertiary/aromatic N) is 1. The van der Waals surface area contributed by atoms with E-state index >= 15 is 0 Å². The van der Waals surface area contributed by atoms with E-state index in [0.717, 1.165) is 11.3 Å². The Morgan fingerprint density at radius 2 is 1.75 bits per heavy atom. The first-order valence-corrected chi connectivity index (χ1v) is 9.57. The van der Waals surface area contributed by atoms with E-state index in [9.17, 15) is 9.59 Å². The molecule has 1 N–H and O–H groups in total. The van der Waals surface area contributed by atoms with Crippen LogP contribution in [0.2, 0.25) is 0 Å². The van der Waals surface area contributed by atoms with Gasteiger partial charge >= 0.3 is 0 Å². The summed E-state index contributed by atoms with van der Waals surface area (Å²) in [5.74, 6) is 0.373. The minimum Gasteiger partial charge on any atom is -0.492 e. The fourth-order valence-corrected chi connectivity index (χ4v) is 3.11. The lowest BCUT2D eigenvalue weighted by atomic mass is 10.1. The molecule has 148 valence electrons. The highest BCUT2D eigenvalue weighted by molar-refractivity contribution is 5.89. The Kier molecular flexibility index (Phi) is 7.44. The van der Waals surface area contributed by atoms with E-state index in [2.05, 4.69) is 5.32 Å². The van der Waals surface area contributed by atoms with E-state index in [1.54, 1.807) is 4.90 Å².